The van der Waals surface area contributed by atoms with E-state index in [1.807, 2.05) is 6.92 Å². The molecule has 0 aliphatic carbocycles. The molecule has 2 aromatic carbocycles. The topological polar surface area (TPSA) is 79.2 Å². The molecule has 0 spiro atoms. The number of benzene rings is 2. The first-order valence-electron chi connectivity index (χ1n) is 7.21. The maximum atomic E-state index is 12.9. The lowest BCUT2D eigenvalue weighted by atomic mass is 10.1. The zero-order chi connectivity index (χ0) is 17.3. The molecule has 0 saturated heterocycles. The van der Waals surface area contributed by atoms with Gasteiger partial charge >= 0.3 is 0 Å². The Bertz CT molecular complexity index is 1040. The third-order valence-corrected chi connectivity index (χ3v) is 5.37. The van der Waals surface area contributed by atoms with Crippen LogP contribution in [0.15, 0.2) is 65.7 Å². The third-order valence-electron chi connectivity index (χ3n) is 3.69. The minimum Gasteiger partial charge on any atom is -0.545 e. The predicted molar refractivity (Wildman–Crippen MR) is 89.7 cm³/mol. The van der Waals surface area contributed by atoms with Crippen molar-refractivity contribution in [3.8, 4) is 0 Å². The summed E-state index contributed by atoms with van der Waals surface area (Å²) in [6, 6.07) is 13.5. The van der Waals surface area contributed by atoms with Crippen LogP contribution < -0.4 is 5.11 Å². The summed E-state index contributed by atoms with van der Waals surface area (Å²) in [6.07, 6.45) is 3.63. The van der Waals surface area contributed by atoms with E-state index in [0.717, 1.165) is 11.6 Å². The molecule has 3 rings (SSSR count). The van der Waals surface area contributed by atoms with Crippen LogP contribution in [0.2, 0.25) is 0 Å². The fourth-order valence-corrected chi connectivity index (χ4v) is 3.87. The van der Waals surface area contributed by atoms with Crippen molar-refractivity contribution in [3.63, 3.8) is 0 Å². The number of aryl methyl sites for hydroxylation is 1. The normalized spacial score (nSPS) is 12.0. The first-order chi connectivity index (χ1) is 11.4. The molecule has 0 unspecified atom stereocenters. The van der Waals surface area contributed by atoms with Gasteiger partial charge in [-0.1, -0.05) is 42.0 Å². The number of hydrogen-bond acceptors (Lipinski definition) is 4. The lowest BCUT2D eigenvalue weighted by Crippen LogP contribution is -2.18. The van der Waals surface area contributed by atoms with E-state index >= 15 is 0 Å². The molecule has 1 heterocycles. The van der Waals surface area contributed by atoms with E-state index in [-0.39, 0.29) is 4.90 Å². The molecule has 0 amide bonds. The Morgan fingerprint density at radius 2 is 1.75 bits per heavy atom. The lowest BCUT2D eigenvalue weighted by molar-refractivity contribution is -0.297. The number of nitrogens with zero attached hydrogens (tertiary/aromatic N) is 1. The number of carboxylic acids is 1. The number of carboxylic acid groups (broad SMARTS) is 1. The maximum Gasteiger partial charge on any atom is 0.268 e. The summed E-state index contributed by atoms with van der Waals surface area (Å²) in [4.78, 5) is 10.8. The van der Waals surface area contributed by atoms with Gasteiger partial charge in [-0.2, -0.15) is 0 Å². The van der Waals surface area contributed by atoms with Crippen molar-refractivity contribution in [2.24, 2.45) is 0 Å². The molecule has 122 valence electrons. The number of aromatic nitrogens is 1. The Balaban J connectivity index is 2.22. The van der Waals surface area contributed by atoms with Gasteiger partial charge < -0.3 is 9.90 Å². The molecule has 0 N–H and O–H groups in total. The lowest BCUT2D eigenvalue weighted by Gasteiger charge is -2.07. The minimum atomic E-state index is -3.78. The van der Waals surface area contributed by atoms with Gasteiger partial charge in [0.25, 0.3) is 10.0 Å². The van der Waals surface area contributed by atoms with Crippen LogP contribution in [0.4, 0.5) is 0 Å². The molecule has 0 fully saturated rings. The number of para-hydroxylation sites is 1. The number of fused-ring (bicyclic) bond motifs is 1. The summed E-state index contributed by atoms with van der Waals surface area (Å²) in [5.41, 5.74) is 1.94. The molecule has 0 radical (unpaired) electrons. The average molecular weight is 340 g/mol. The van der Waals surface area contributed by atoms with Crippen molar-refractivity contribution in [1.29, 1.82) is 0 Å². The van der Waals surface area contributed by atoms with E-state index in [1.165, 1.54) is 16.2 Å². The number of aliphatic carboxylic acids is 1. The number of rotatable bonds is 4. The zero-order valence-electron chi connectivity index (χ0n) is 12.8. The van der Waals surface area contributed by atoms with Gasteiger partial charge in [-0.05, 0) is 31.2 Å². The van der Waals surface area contributed by atoms with Crippen LogP contribution in [0, 0.1) is 6.92 Å². The smallest absolute Gasteiger partial charge is 0.268 e. The van der Waals surface area contributed by atoms with E-state index in [1.54, 1.807) is 48.5 Å². The van der Waals surface area contributed by atoms with Gasteiger partial charge in [0, 0.05) is 17.1 Å². The Kier molecular flexibility index (Phi) is 3.99. The van der Waals surface area contributed by atoms with Crippen molar-refractivity contribution in [3.05, 3.63) is 71.9 Å². The largest absolute Gasteiger partial charge is 0.545 e. The Morgan fingerprint density at radius 1 is 1.08 bits per heavy atom. The predicted octanol–water partition coefficient (Wildman–Crippen LogP) is 1.95. The van der Waals surface area contributed by atoms with Gasteiger partial charge in [-0.25, -0.2) is 12.4 Å². The highest BCUT2D eigenvalue weighted by Crippen LogP contribution is 2.27. The monoisotopic (exact) mass is 340 g/mol. The first kappa shape index (κ1) is 16.0. The Labute approximate surface area is 139 Å². The second-order valence-corrected chi connectivity index (χ2v) is 7.18. The quantitative estimate of drug-likeness (QED) is 0.680. The summed E-state index contributed by atoms with van der Waals surface area (Å²) in [5, 5.41) is 11.3. The van der Waals surface area contributed by atoms with Crippen molar-refractivity contribution >= 4 is 33.0 Å². The molecule has 6 heteroatoms. The molecule has 0 bridgehead atoms. The standard InChI is InChI=1S/C18H15NO4S/c1-13-6-9-15(10-7-13)24(22,23)19-12-14(8-11-18(20)21)16-4-2-3-5-17(16)19/h2-12H,1H3,(H,20,21)/p-1/b11-8+. The second-order valence-electron chi connectivity index (χ2n) is 5.37. The highest BCUT2D eigenvalue weighted by Gasteiger charge is 2.20. The van der Waals surface area contributed by atoms with Gasteiger partial charge in [-0.15, -0.1) is 0 Å². The molecule has 0 aliphatic heterocycles. The number of hydrogen-bond donors (Lipinski definition) is 0. The maximum absolute atomic E-state index is 12.9. The third kappa shape index (κ3) is 2.83. The summed E-state index contributed by atoms with van der Waals surface area (Å²) in [7, 11) is -3.78. The summed E-state index contributed by atoms with van der Waals surface area (Å²) < 4.78 is 27.0. The molecule has 5 nitrogen and oxygen atoms in total. The molecule has 0 saturated carbocycles. The number of carbonyl (C=O) groups is 1. The van der Waals surface area contributed by atoms with Gasteiger partial charge in [0.2, 0.25) is 0 Å². The van der Waals surface area contributed by atoms with E-state index in [9.17, 15) is 18.3 Å². The molecule has 0 aliphatic rings. The molecule has 24 heavy (non-hydrogen) atoms. The SMILES string of the molecule is Cc1ccc(S(=O)(=O)n2cc(/C=C/C(=O)[O-])c3ccccc32)cc1. The number of carbonyl (C=O) groups excluding carboxylic acids is 1. The molecule has 0 atom stereocenters. The van der Waals surface area contributed by atoms with Gasteiger partial charge in [0.05, 0.1) is 16.4 Å². The Morgan fingerprint density at radius 3 is 2.42 bits per heavy atom. The fraction of sp³-hybridized carbons (Fsp3) is 0.0556. The van der Waals surface area contributed by atoms with Crippen LogP contribution in [0.3, 0.4) is 0 Å². The highest BCUT2D eigenvalue weighted by atomic mass is 32.2. The molecule has 3 aromatic rings. The molecular formula is C18H14NO4S-. The van der Waals surface area contributed by atoms with E-state index in [2.05, 4.69) is 0 Å². The fourth-order valence-electron chi connectivity index (χ4n) is 2.49. The molecular weight excluding hydrogens is 326 g/mol. The van der Waals surface area contributed by atoms with Crippen LogP contribution in [0.25, 0.3) is 17.0 Å². The van der Waals surface area contributed by atoms with Crippen LogP contribution in [0.5, 0.6) is 0 Å². The first-order valence-corrected chi connectivity index (χ1v) is 8.65. The van der Waals surface area contributed by atoms with Crippen molar-refractivity contribution < 1.29 is 18.3 Å². The second kappa shape index (κ2) is 5.98. The summed E-state index contributed by atoms with van der Waals surface area (Å²) >= 11 is 0. The van der Waals surface area contributed by atoms with Gasteiger partial charge in [0.1, 0.15) is 0 Å². The Hall–Kier alpha value is -2.86. The van der Waals surface area contributed by atoms with Gasteiger partial charge in [-0.3, -0.25) is 0 Å². The van der Waals surface area contributed by atoms with E-state index in [4.69, 9.17) is 0 Å². The minimum absolute atomic E-state index is 0.171. The van der Waals surface area contributed by atoms with Crippen LogP contribution >= 0.6 is 0 Å². The van der Waals surface area contributed by atoms with Gasteiger partial charge in [0.15, 0.2) is 0 Å². The summed E-state index contributed by atoms with van der Waals surface area (Å²) in [5.74, 6) is -1.34. The van der Waals surface area contributed by atoms with Crippen molar-refractivity contribution in [1.82, 2.24) is 3.97 Å². The van der Waals surface area contributed by atoms with Crippen molar-refractivity contribution in [2.75, 3.05) is 0 Å². The summed E-state index contributed by atoms with van der Waals surface area (Å²) in [6.45, 7) is 1.88. The zero-order valence-corrected chi connectivity index (χ0v) is 13.7. The van der Waals surface area contributed by atoms with Crippen LogP contribution in [-0.2, 0) is 14.8 Å². The van der Waals surface area contributed by atoms with E-state index < -0.39 is 16.0 Å². The van der Waals surface area contributed by atoms with Crippen molar-refractivity contribution in [2.45, 2.75) is 11.8 Å². The van der Waals surface area contributed by atoms with Crippen LogP contribution in [0.1, 0.15) is 11.1 Å². The molecule has 1 aromatic heterocycles. The highest BCUT2D eigenvalue weighted by molar-refractivity contribution is 7.90. The van der Waals surface area contributed by atoms with Crippen LogP contribution in [-0.4, -0.2) is 18.4 Å². The average Bonchev–Trinajstić information content (AvgIpc) is 2.93. The van der Waals surface area contributed by atoms with E-state index in [0.29, 0.717) is 16.5 Å².